The normalized spacial score (nSPS) is 20.0. The average Bonchev–Trinajstić information content (AvgIpc) is 2.16. The van der Waals surface area contributed by atoms with Crippen LogP contribution in [0.3, 0.4) is 0 Å². The first-order valence-corrected chi connectivity index (χ1v) is 6.07. The fourth-order valence-corrected chi connectivity index (χ4v) is 2.75. The molecule has 1 fully saturated rings. The monoisotopic (exact) mass is 204 g/mol. The Balaban J connectivity index is 2.51. The van der Waals surface area contributed by atoms with Gasteiger partial charge in [-0.2, -0.15) is 4.31 Å². The van der Waals surface area contributed by atoms with Crippen LogP contribution in [0.5, 0.6) is 0 Å². The molecule has 0 aromatic heterocycles. The predicted octanol–water partition coefficient (Wildman–Crippen LogP) is -0.202. The molecule has 0 aromatic carbocycles. The largest absolute Gasteiger partial charge is 0.314 e. The second kappa shape index (κ2) is 4.74. The minimum atomic E-state index is -3.02. The average molecular weight is 204 g/mol. The third-order valence-corrected chi connectivity index (χ3v) is 3.95. The molecule has 1 rings (SSSR count). The van der Waals surface area contributed by atoms with E-state index in [-0.39, 0.29) is 5.75 Å². The topological polar surface area (TPSA) is 49.4 Å². The fourth-order valence-electron chi connectivity index (χ4n) is 1.28. The summed E-state index contributed by atoms with van der Waals surface area (Å²) in [5.74, 6) is 0.191. The van der Waals surface area contributed by atoms with E-state index in [0.29, 0.717) is 19.5 Å². The highest BCUT2D eigenvalue weighted by Gasteiger charge is 2.22. The molecule has 0 aliphatic carbocycles. The third-order valence-electron chi connectivity index (χ3n) is 2.05. The molecular weight excluding hydrogens is 188 g/mol. The van der Waals surface area contributed by atoms with Crippen LogP contribution in [0, 0.1) is 0 Å². The van der Waals surface area contributed by atoms with Gasteiger partial charge < -0.3 is 5.32 Å². The molecule has 0 bridgehead atoms. The van der Waals surface area contributed by atoms with Crippen molar-refractivity contribution in [1.29, 1.82) is 0 Å². The summed E-state index contributed by atoms with van der Waals surface area (Å²) >= 11 is 0. The SMILES string of the molecule is C=CCCS(=O)(=O)N1CCNCC1. The Bertz CT molecular complexity index is 255. The minimum Gasteiger partial charge on any atom is -0.314 e. The smallest absolute Gasteiger partial charge is 0.214 e. The van der Waals surface area contributed by atoms with E-state index in [1.165, 1.54) is 0 Å². The Morgan fingerprint density at radius 1 is 1.38 bits per heavy atom. The van der Waals surface area contributed by atoms with E-state index < -0.39 is 10.0 Å². The molecule has 0 radical (unpaired) electrons. The van der Waals surface area contributed by atoms with Gasteiger partial charge in [0.2, 0.25) is 10.0 Å². The van der Waals surface area contributed by atoms with Crippen LogP contribution in [0.1, 0.15) is 6.42 Å². The first-order valence-electron chi connectivity index (χ1n) is 4.46. The number of hydrogen-bond acceptors (Lipinski definition) is 3. The maximum Gasteiger partial charge on any atom is 0.214 e. The summed E-state index contributed by atoms with van der Waals surface area (Å²) in [5, 5.41) is 3.12. The Morgan fingerprint density at radius 3 is 2.54 bits per heavy atom. The summed E-state index contributed by atoms with van der Waals surface area (Å²) in [6.45, 7) is 6.22. The van der Waals surface area contributed by atoms with Crippen LogP contribution in [0.2, 0.25) is 0 Å². The summed E-state index contributed by atoms with van der Waals surface area (Å²) in [6.07, 6.45) is 2.17. The molecule has 1 heterocycles. The molecule has 0 saturated carbocycles. The summed E-state index contributed by atoms with van der Waals surface area (Å²) in [4.78, 5) is 0. The molecule has 13 heavy (non-hydrogen) atoms. The Morgan fingerprint density at radius 2 is 2.00 bits per heavy atom. The predicted molar refractivity (Wildman–Crippen MR) is 53.0 cm³/mol. The van der Waals surface area contributed by atoms with E-state index in [9.17, 15) is 8.42 Å². The molecular formula is C8H16N2O2S. The molecule has 1 aliphatic rings. The van der Waals surface area contributed by atoms with Gasteiger partial charge in [0.15, 0.2) is 0 Å². The van der Waals surface area contributed by atoms with E-state index >= 15 is 0 Å². The number of allylic oxidation sites excluding steroid dienone is 1. The van der Waals surface area contributed by atoms with Gasteiger partial charge in [-0.3, -0.25) is 0 Å². The molecule has 1 N–H and O–H groups in total. The molecule has 0 spiro atoms. The summed E-state index contributed by atoms with van der Waals surface area (Å²) < 4.78 is 24.7. The van der Waals surface area contributed by atoms with Crippen molar-refractivity contribution in [3.05, 3.63) is 12.7 Å². The van der Waals surface area contributed by atoms with Gasteiger partial charge in [0.25, 0.3) is 0 Å². The van der Waals surface area contributed by atoms with Crippen molar-refractivity contribution in [3.8, 4) is 0 Å². The number of sulfonamides is 1. The molecule has 0 aromatic rings. The molecule has 4 nitrogen and oxygen atoms in total. The summed E-state index contributed by atoms with van der Waals surface area (Å²) in [5.41, 5.74) is 0. The maximum atomic E-state index is 11.6. The van der Waals surface area contributed by atoms with Gasteiger partial charge in [-0.25, -0.2) is 8.42 Å². The van der Waals surface area contributed by atoms with Crippen LogP contribution < -0.4 is 5.32 Å². The van der Waals surface area contributed by atoms with Crippen molar-refractivity contribution in [2.75, 3.05) is 31.9 Å². The van der Waals surface area contributed by atoms with Gasteiger partial charge in [0.05, 0.1) is 5.75 Å². The van der Waals surface area contributed by atoms with E-state index in [2.05, 4.69) is 11.9 Å². The third kappa shape index (κ3) is 3.10. The minimum absolute atomic E-state index is 0.191. The fraction of sp³-hybridized carbons (Fsp3) is 0.750. The van der Waals surface area contributed by atoms with Crippen LogP contribution in [-0.2, 0) is 10.0 Å². The standard InChI is InChI=1S/C8H16N2O2S/c1-2-3-8-13(11,12)10-6-4-9-5-7-10/h2,9H,1,3-8H2. The maximum absolute atomic E-state index is 11.6. The molecule has 5 heteroatoms. The number of nitrogens with zero attached hydrogens (tertiary/aromatic N) is 1. The summed E-state index contributed by atoms with van der Waals surface area (Å²) in [7, 11) is -3.02. The number of nitrogens with one attached hydrogen (secondary N) is 1. The van der Waals surface area contributed by atoms with Crippen LogP contribution in [0.15, 0.2) is 12.7 Å². The Labute approximate surface area is 79.7 Å². The van der Waals surface area contributed by atoms with Gasteiger partial charge in [0, 0.05) is 26.2 Å². The Kier molecular flexibility index (Phi) is 3.90. The van der Waals surface area contributed by atoms with Crippen molar-refractivity contribution in [3.63, 3.8) is 0 Å². The van der Waals surface area contributed by atoms with Crippen molar-refractivity contribution < 1.29 is 8.42 Å². The van der Waals surface area contributed by atoms with Crippen molar-refractivity contribution in [2.45, 2.75) is 6.42 Å². The number of hydrogen-bond donors (Lipinski definition) is 1. The zero-order valence-electron chi connectivity index (χ0n) is 7.70. The highest BCUT2D eigenvalue weighted by Crippen LogP contribution is 2.04. The van der Waals surface area contributed by atoms with Crippen LogP contribution >= 0.6 is 0 Å². The number of piperazine rings is 1. The lowest BCUT2D eigenvalue weighted by Crippen LogP contribution is -2.47. The van der Waals surface area contributed by atoms with Gasteiger partial charge in [0.1, 0.15) is 0 Å². The Hall–Kier alpha value is -0.390. The van der Waals surface area contributed by atoms with Gasteiger partial charge >= 0.3 is 0 Å². The lowest BCUT2D eigenvalue weighted by Gasteiger charge is -2.26. The highest BCUT2D eigenvalue weighted by atomic mass is 32.2. The quantitative estimate of drug-likeness (QED) is 0.645. The van der Waals surface area contributed by atoms with Crippen molar-refractivity contribution in [1.82, 2.24) is 9.62 Å². The molecule has 0 atom stereocenters. The lowest BCUT2D eigenvalue weighted by molar-refractivity contribution is 0.360. The first kappa shape index (κ1) is 10.7. The van der Waals surface area contributed by atoms with Gasteiger partial charge in [-0.15, -0.1) is 6.58 Å². The number of rotatable bonds is 4. The molecule has 76 valence electrons. The first-order chi connectivity index (χ1) is 6.17. The van der Waals surface area contributed by atoms with Gasteiger partial charge in [-0.1, -0.05) is 6.08 Å². The van der Waals surface area contributed by atoms with Gasteiger partial charge in [-0.05, 0) is 6.42 Å². The second-order valence-corrected chi connectivity index (χ2v) is 5.13. The van der Waals surface area contributed by atoms with E-state index in [4.69, 9.17) is 0 Å². The lowest BCUT2D eigenvalue weighted by atomic mass is 10.4. The zero-order chi connectivity index (χ0) is 9.73. The van der Waals surface area contributed by atoms with E-state index in [1.54, 1.807) is 10.4 Å². The second-order valence-electron chi connectivity index (χ2n) is 3.04. The van der Waals surface area contributed by atoms with Crippen LogP contribution in [0.25, 0.3) is 0 Å². The molecule has 1 aliphatic heterocycles. The van der Waals surface area contributed by atoms with E-state index in [1.807, 2.05) is 0 Å². The highest BCUT2D eigenvalue weighted by molar-refractivity contribution is 7.89. The van der Waals surface area contributed by atoms with E-state index in [0.717, 1.165) is 13.1 Å². The van der Waals surface area contributed by atoms with Crippen molar-refractivity contribution >= 4 is 10.0 Å². The summed E-state index contributed by atoms with van der Waals surface area (Å²) in [6, 6.07) is 0. The van der Waals surface area contributed by atoms with Crippen LogP contribution in [0.4, 0.5) is 0 Å². The molecule has 0 amide bonds. The molecule has 1 saturated heterocycles. The molecule has 0 unspecified atom stereocenters. The van der Waals surface area contributed by atoms with Crippen LogP contribution in [-0.4, -0.2) is 44.7 Å². The zero-order valence-corrected chi connectivity index (χ0v) is 8.52. The van der Waals surface area contributed by atoms with Crippen molar-refractivity contribution in [2.24, 2.45) is 0 Å².